The molecule has 0 saturated heterocycles. The number of amides is 1. The first-order valence-electron chi connectivity index (χ1n) is 9.31. The summed E-state index contributed by atoms with van der Waals surface area (Å²) in [5, 5.41) is 15.8. The minimum absolute atomic E-state index is 0.0913. The summed E-state index contributed by atoms with van der Waals surface area (Å²) in [4.78, 5) is 19.9. The Morgan fingerprint density at radius 2 is 2.15 bits per heavy atom. The predicted octanol–water partition coefficient (Wildman–Crippen LogP) is 4.23. The Balaban J connectivity index is 1.67. The quantitative estimate of drug-likeness (QED) is 0.579. The molecule has 0 atom stereocenters. The topological polar surface area (TPSA) is 92.1 Å². The molecule has 1 aliphatic carbocycles. The summed E-state index contributed by atoms with van der Waals surface area (Å²) < 4.78 is 3.20. The summed E-state index contributed by atoms with van der Waals surface area (Å²) in [5.41, 5.74) is 0.941. The number of unbranched alkanes of at least 4 members (excludes halogenated alkanes) is 1. The number of carboxylic acid groups (broad SMARTS) is 1. The van der Waals surface area contributed by atoms with E-state index in [-0.39, 0.29) is 6.04 Å². The highest BCUT2D eigenvalue weighted by molar-refractivity contribution is 9.10. The summed E-state index contributed by atoms with van der Waals surface area (Å²) in [6.07, 6.45) is 9.10. The van der Waals surface area contributed by atoms with E-state index in [1.165, 1.54) is 0 Å². The van der Waals surface area contributed by atoms with Crippen LogP contribution in [0.2, 0.25) is 0 Å². The van der Waals surface area contributed by atoms with E-state index >= 15 is 0 Å². The van der Waals surface area contributed by atoms with Gasteiger partial charge < -0.3 is 20.3 Å². The molecule has 142 valence electrons. The van der Waals surface area contributed by atoms with E-state index < -0.39 is 6.09 Å². The van der Waals surface area contributed by atoms with Gasteiger partial charge in [-0.15, -0.1) is 0 Å². The SMILES string of the molecule is CCCCNc1ncc2c(Br)cn(CC3CCC(NC(=O)O)CC3)c2n1. The zero-order valence-electron chi connectivity index (χ0n) is 15.0. The molecule has 2 aromatic heterocycles. The highest BCUT2D eigenvalue weighted by Gasteiger charge is 2.23. The highest BCUT2D eigenvalue weighted by Crippen LogP contribution is 2.30. The lowest BCUT2D eigenvalue weighted by atomic mass is 9.86. The molecule has 26 heavy (non-hydrogen) atoms. The average Bonchev–Trinajstić information content (AvgIpc) is 2.92. The number of nitrogens with zero attached hydrogens (tertiary/aromatic N) is 3. The van der Waals surface area contributed by atoms with Crippen LogP contribution in [0.15, 0.2) is 16.9 Å². The molecule has 1 aliphatic rings. The Labute approximate surface area is 161 Å². The zero-order valence-corrected chi connectivity index (χ0v) is 16.6. The lowest BCUT2D eigenvalue weighted by Gasteiger charge is -2.28. The molecule has 2 aromatic rings. The maximum absolute atomic E-state index is 10.8. The van der Waals surface area contributed by atoms with Crippen LogP contribution in [0.1, 0.15) is 45.4 Å². The van der Waals surface area contributed by atoms with E-state index in [1.807, 2.05) is 6.20 Å². The Hall–Kier alpha value is -1.83. The fraction of sp³-hybridized carbons (Fsp3) is 0.611. The van der Waals surface area contributed by atoms with Crippen molar-refractivity contribution in [2.45, 2.75) is 58.0 Å². The van der Waals surface area contributed by atoms with Crippen LogP contribution in [-0.4, -0.2) is 38.3 Å². The molecular weight excluding hydrogens is 398 g/mol. The summed E-state index contributed by atoms with van der Waals surface area (Å²) in [6.45, 7) is 3.94. The van der Waals surface area contributed by atoms with Gasteiger partial charge in [0.2, 0.25) is 5.95 Å². The molecule has 8 heteroatoms. The van der Waals surface area contributed by atoms with Crippen LogP contribution in [0.4, 0.5) is 10.7 Å². The van der Waals surface area contributed by atoms with Crippen LogP contribution in [0, 0.1) is 5.92 Å². The van der Waals surface area contributed by atoms with Crippen LogP contribution in [0.3, 0.4) is 0 Å². The number of carbonyl (C=O) groups is 1. The van der Waals surface area contributed by atoms with E-state index in [4.69, 9.17) is 10.1 Å². The van der Waals surface area contributed by atoms with Gasteiger partial charge in [0.05, 0.1) is 5.39 Å². The predicted molar refractivity (Wildman–Crippen MR) is 106 cm³/mol. The molecule has 3 rings (SSSR count). The van der Waals surface area contributed by atoms with Crippen molar-refractivity contribution in [3.8, 4) is 0 Å². The third kappa shape index (κ3) is 4.66. The van der Waals surface area contributed by atoms with Crippen LogP contribution < -0.4 is 10.6 Å². The van der Waals surface area contributed by atoms with Gasteiger partial charge in [-0.1, -0.05) is 13.3 Å². The Bertz CT molecular complexity index is 755. The molecule has 2 heterocycles. The van der Waals surface area contributed by atoms with Crippen molar-refractivity contribution in [1.82, 2.24) is 19.9 Å². The second kappa shape index (κ2) is 8.70. The third-order valence-corrected chi connectivity index (χ3v) is 5.64. The maximum atomic E-state index is 10.8. The van der Waals surface area contributed by atoms with Gasteiger partial charge >= 0.3 is 6.09 Å². The van der Waals surface area contributed by atoms with Crippen molar-refractivity contribution in [2.24, 2.45) is 5.92 Å². The smallest absolute Gasteiger partial charge is 0.404 e. The number of halogens is 1. The molecule has 7 nitrogen and oxygen atoms in total. The van der Waals surface area contributed by atoms with Gasteiger partial charge in [0.1, 0.15) is 5.65 Å². The molecule has 1 saturated carbocycles. The van der Waals surface area contributed by atoms with Gasteiger partial charge in [0.15, 0.2) is 0 Å². The number of anilines is 1. The van der Waals surface area contributed by atoms with E-state index in [2.05, 4.69) is 49.2 Å². The molecule has 0 spiro atoms. The molecule has 1 amide bonds. The summed E-state index contributed by atoms with van der Waals surface area (Å²) in [5.74, 6) is 1.21. The first kappa shape index (κ1) is 18.9. The molecular formula is C18H26BrN5O2. The van der Waals surface area contributed by atoms with Crippen LogP contribution in [0.25, 0.3) is 11.0 Å². The number of nitrogens with one attached hydrogen (secondary N) is 2. The third-order valence-electron chi connectivity index (χ3n) is 5.01. The average molecular weight is 424 g/mol. The fourth-order valence-electron chi connectivity index (χ4n) is 3.57. The summed E-state index contributed by atoms with van der Waals surface area (Å²) in [6, 6.07) is 0.0913. The molecule has 3 N–H and O–H groups in total. The molecule has 0 unspecified atom stereocenters. The minimum atomic E-state index is -0.923. The van der Waals surface area contributed by atoms with Crippen molar-refractivity contribution < 1.29 is 9.90 Å². The maximum Gasteiger partial charge on any atom is 0.404 e. The zero-order chi connectivity index (χ0) is 18.5. The second-order valence-electron chi connectivity index (χ2n) is 7.01. The summed E-state index contributed by atoms with van der Waals surface area (Å²) in [7, 11) is 0. The van der Waals surface area contributed by atoms with E-state index in [0.29, 0.717) is 11.9 Å². The van der Waals surface area contributed by atoms with Crippen molar-refractivity contribution in [2.75, 3.05) is 11.9 Å². The van der Waals surface area contributed by atoms with E-state index in [0.717, 1.165) is 67.1 Å². The number of fused-ring (bicyclic) bond motifs is 1. The second-order valence-corrected chi connectivity index (χ2v) is 7.86. The number of aromatic nitrogens is 3. The Morgan fingerprint density at radius 3 is 2.85 bits per heavy atom. The van der Waals surface area contributed by atoms with Crippen LogP contribution in [0.5, 0.6) is 0 Å². The molecule has 0 radical (unpaired) electrons. The number of hydrogen-bond donors (Lipinski definition) is 3. The summed E-state index contributed by atoms with van der Waals surface area (Å²) >= 11 is 3.61. The molecule has 0 aliphatic heterocycles. The van der Waals surface area contributed by atoms with Crippen LogP contribution in [-0.2, 0) is 6.54 Å². The van der Waals surface area contributed by atoms with Crippen molar-refractivity contribution in [1.29, 1.82) is 0 Å². The van der Waals surface area contributed by atoms with Crippen molar-refractivity contribution in [3.05, 3.63) is 16.9 Å². The minimum Gasteiger partial charge on any atom is -0.465 e. The molecule has 0 bridgehead atoms. The van der Waals surface area contributed by atoms with E-state index in [9.17, 15) is 4.79 Å². The fourth-order valence-corrected chi connectivity index (χ4v) is 4.10. The molecule has 0 aromatic carbocycles. The van der Waals surface area contributed by atoms with Crippen LogP contribution >= 0.6 is 15.9 Å². The van der Waals surface area contributed by atoms with Crippen molar-refractivity contribution in [3.63, 3.8) is 0 Å². The first-order valence-corrected chi connectivity index (χ1v) is 10.1. The van der Waals surface area contributed by atoms with Gasteiger partial charge in [-0.05, 0) is 54.0 Å². The number of rotatable bonds is 7. The normalized spacial score (nSPS) is 20.2. The van der Waals surface area contributed by atoms with Gasteiger partial charge in [-0.3, -0.25) is 0 Å². The lowest BCUT2D eigenvalue weighted by molar-refractivity contribution is 0.181. The van der Waals surface area contributed by atoms with E-state index in [1.54, 1.807) is 0 Å². The first-order chi connectivity index (χ1) is 12.6. The van der Waals surface area contributed by atoms with Gasteiger partial charge in [-0.2, -0.15) is 4.98 Å². The van der Waals surface area contributed by atoms with Crippen molar-refractivity contribution >= 4 is 39.0 Å². The molecule has 1 fully saturated rings. The van der Waals surface area contributed by atoms with Gasteiger partial charge in [0.25, 0.3) is 0 Å². The Morgan fingerprint density at radius 1 is 1.38 bits per heavy atom. The lowest BCUT2D eigenvalue weighted by Crippen LogP contribution is -2.37. The number of hydrogen-bond acceptors (Lipinski definition) is 4. The van der Waals surface area contributed by atoms with Gasteiger partial charge in [0, 0.05) is 36.0 Å². The standard InChI is InChI=1S/C18H26BrN5O2/c1-2-3-8-20-17-21-9-14-15(19)11-24(16(14)23-17)10-12-4-6-13(7-5-12)22-18(25)26/h9,11-13,22H,2-8,10H2,1H3,(H,25,26)(H,20,21,23). The monoisotopic (exact) mass is 423 g/mol. The largest absolute Gasteiger partial charge is 0.465 e. The Kier molecular flexibility index (Phi) is 6.34. The van der Waals surface area contributed by atoms with Gasteiger partial charge in [-0.25, -0.2) is 9.78 Å². The highest BCUT2D eigenvalue weighted by atomic mass is 79.9.